The number of benzene rings is 3. The zero-order chi connectivity index (χ0) is 25.4. The van der Waals surface area contributed by atoms with Gasteiger partial charge in [-0.3, -0.25) is 9.59 Å². The number of fused-ring (bicyclic) bond motifs is 2. The van der Waals surface area contributed by atoms with Crippen LogP contribution in [0.15, 0.2) is 72.8 Å². The fourth-order valence-corrected chi connectivity index (χ4v) is 5.18. The quantitative estimate of drug-likeness (QED) is 0.330. The van der Waals surface area contributed by atoms with Crippen LogP contribution >= 0.6 is 0 Å². The Morgan fingerprint density at radius 1 is 0.972 bits per heavy atom. The SMILES string of the molecule is Cc1ccc(-c2[nH]c3ccccc3c2[C@@H]2c3ccccc3C(=O)N2[C@H](C)C(=O)NCCC(C)C)cc1. The van der Waals surface area contributed by atoms with Crippen LogP contribution < -0.4 is 5.32 Å². The van der Waals surface area contributed by atoms with Crippen molar-refractivity contribution in [3.05, 3.63) is 95.1 Å². The van der Waals surface area contributed by atoms with E-state index in [1.54, 1.807) is 4.90 Å². The molecule has 2 heterocycles. The first-order valence-electron chi connectivity index (χ1n) is 12.7. The highest BCUT2D eigenvalue weighted by molar-refractivity contribution is 6.04. The second-order valence-corrected chi connectivity index (χ2v) is 10.2. The van der Waals surface area contributed by atoms with Crippen molar-refractivity contribution in [1.82, 2.24) is 15.2 Å². The average molecular weight is 480 g/mol. The van der Waals surface area contributed by atoms with Crippen molar-refractivity contribution >= 4 is 22.7 Å². The fourth-order valence-electron chi connectivity index (χ4n) is 5.18. The molecule has 0 spiro atoms. The molecule has 2 N–H and O–H groups in total. The first-order chi connectivity index (χ1) is 17.4. The van der Waals surface area contributed by atoms with Gasteiger partial charge in [-0.15, -0.1) is 0 Å². The number of hydrogen-bond acceptors (Lipinski definition) is 2. The maximum absolute atomic E-state index is 13.8. The first-order valence-corrected chi connectivity index (χ1v) is 12.7. The number of aryl methyl sites for hydroxylation is 1. The Morgan fingerprint density at radius 2 is 1.67 bits per heavy atom. The monoisotopic (exact) mass is 479 g/mol. The van der Waals surface area contributed by atoms with Crippen molar-refractivity contribution in [2.75, 3.05) is 6.54 Å². The van der Waals surface area contributed by atoms with Gasteiger partial charge >= 0.3 is 0 Å². The number of carbonyl (C=O) groups is 2. The molecule has 5 nitrogen and oxygen atoms in total. The number of rotatable bonds is 7. The molecule has 1 aliphatic rings. The number of aromatic amines is 1. The first kappa shape index (κ1) is 23.9. The Balaban J connectivity index is 1.66. The minimum atomic E-state index is -0.624. The van der Waals surface area contributed by atoms with E-state index in [4.69, 9.17) is 0 Å². The summed E-state index contributed by atoms with van der Waals surface area (Å²) in [5.74, 6) is 0.259. The normalized spacial score (nSPS) is 16.0. The maximum atomic E-state index is 13.8. The highest BCUT2D eigenvalue weighted by Crippen LogP contribution is 2.46. The predicted octanol–water partition coefficient (Wildman–Crippen LogP) is 6.24. The van der Waals surface area contributed by atoms with Crippen molar-refractivity contribution in [2.24, 2.45) is 5.92 Å². The molecule has 0 aliphatic carbocycles. The Kier molecular flexibility index (Phi) is 6.40. The third-order valence-electron chi connectivity index (χ3n) is 7.18. The number of carbonyl (C=O) groups excluding carboxylic acids is 2. The summed E-state index contributed by atoms with van der Waals surface area (Å²) in [4.78, 5) is 32.4. The lowest BCUT2D eigenvalue weighted by atomic mass is 9.92. The zero-order valence-electron chi connectivity index (χ0n) is 21.3. The highest BCUT2D eigenvalue weighted by Gasteiger charge is 2.44. The Hall–Kier alpha value is -3.86. The minimum absolute atomic E-state index is 0.109. The standard InChI is InChI=1S/C31H33N3O2/c1-19(2)17-18-32-30(35)21(4)34-29(23-9-5-6-10-24(23)31(34)36)27-25-11-7-8-12-26(25)33-28(27)22-15-13-20(3)14-16-22/h5-16,19,21,29,33H,17-18H2,1-4H3,(H,32,35)/t21-,29+/m1/s1. The van der Waals surface area contributed by atoms with Gasteiger partial charge in [0, 0.05) is 28.6 Å². The number of nitrogens with one attached hydrogen (secondary N) is 2. The van der Waals surface area contributed by atoms with Gasteiger partial charge in [0.05, 0.1) is 11.7 Å². The molecular weight excluding hydrogens is 446 g/mol. The van der Waals surface area contributed by atoms with Gasteiger partial charge in [0.2, 0.25) is 5.91 Å². The van der Waals surface area contributed by atoms with Gasteiger partial charge in [-0.1, -0.05) is 80.1 Å². The van der Waals surface area contributed by atoms with E-state index in [9.17, 15) is 9.59 Å². The largest absolute Gasteiger partial charge is 0.354 e. The van der Waals surface area contributed by atoms with E-state index in [-0.39, 0.29) is 17.9 Å². The van der Waals surface area contributed by atoms with E-state index >= 15 is 0 Å². The summed E-state index contributed by atoms with van der Waals surface area (Å²) in [6.07, 6.45) is 0.899. The van der Waals surface area contributed by atoms with Gasteiger partial charge in [0.1, 0.15) is 6.04 Å². The van der Waals surface area contributed by atoms with Crippen LogP contribution in [0, 0.1) is 12.8 Å². The smallest absolute Gasteiger partial charge is 0.255 e. The van der Waals surface area contributed by atoms with Crippen LogP contribution in [0.5, 0.6) is 0 Å². The van der Waals surface area contributed by atoms with Crippen LogP contribution in [0.4, 0.5) is 0 Å². The molecule has 3 aromatic carbocycles. The fraction of sp³-hybridized carbons (Fsp3) is 0.290. The summed E-state index contributed by atoms with van der Waals surface area (Å²) in [5.41, 5.74) is 6.84. The van der Waals surface area contributed by atoms with Crippen molar-refractivity contribution in [1.29, 1.82) is 0 Å². The summed E-state index contributed by atoms with van der Waals surface area (Å²) in [6, 6.07) is 23.3. The van der Waals surface area contributed by atoms with Crippen LogP contribution in [-0.4, -0.2) is 34.3 Å². The third-order valence-corrected chi connectivity index (χ3v) is 7.18. The van der Waals surface area contributed by atoms with E-state index < -0.39 is 6.04 Å². The van der Waals surface area contributed by atoms with Gasteiger partial charge in [-0.25, -0.2) is 0 Å². The number of hydrogen-bond donors (Lipinski definition) is 2. The lowest BCUT2D eigenvalue weighted by Crippen LogP contribution is -2.47. The van der Waals surface area contributed by atoms with Crippen LogP contribution in [0.3, 0.4) is 0 Å². The average Bonchev–Trinajstić information content (AvgIpc) is 3.39. The molecular formula is C31H33N3O2. The van der Waals surface area contributed by atoms with Crippen molar-refractivity contribution < 1.29 is 9.59 Å². The van der Waals surface area contributed by atoms with Gasteiger partial charge in [-0.05, 0) is 49.4 Å². The third kappa shape index (κ3) is 4.19. The number of aromatic nitrogens is 1. The molecule has 5 heteroatoms. The van der Waals surface area contributed by atoms with Gasteiger partial charge in [-0.2, -0.15) is 0 Å². The summed E-state index contributed by atoms with van der Waals surface area (Å²) in [7, 11) is 0. The molecule has 1 aliphatic heterocycles. The molecule has 0 saturated heterocycles. The van der Waals surface area contributed by atoms with E-state index in [1.165, 1.54) is 5.56 Å². The number of para-hydroxylation sites is 1. The topological polar surface area (TPSA) is 65.2 Å². The zero-order valence-corrected chi connectivity index (χ0v) is 21.3. The molecule has 2 atom stereocenters. The van der Waals surface area contributed by atoms with E-state index in [0.717, 1.165) is 39.7 Å². The summed E-state index contributed by atoms with van der Waals surface area (Å²) in [5, 5.41) is 4.11. The molecule has 5 rings (SSSR count). The molecule has 4 aromatic rings. The van der Waals surface area contributed by atoms with Crippen LogP contribution in [0.2, 0.25) is 0 Å². The molecule has 184 valence electrons. The van der Waals surface area contributed by atoms with E-state index in [2.05, 4.69) is 67.5 Å². The molecule has 0 fully saturated rings. The number of nitrogens with zero attached hydrogens (tertiary/aromatic N) is 1. The Bertz CT molecular complexity index is 1420. The molecule has 0 unspecified atom stereocenters. The summed E-state index contributed by atoms with van der Waals surface area (Å²) < 4.78 is 0. The van der Waals surface area contributed by atoms with Gasteiger partial charge in [0.15, 0.2) is 0 Å². The van der Waals surface area contributed by atoms with Gasteiger partial charge in [0.25, 0.3) is 5.91 Å². The van der Waals surface area contributed by atoms with E-state index in [1.807, 2.05) is 43.3 Å². The van der Waals surface area contributed by atoms with Crippen LogP contribution in [-0.2, 0) is 4.79 Å². The predicted molar refractivity (Wildman–Crippen MR) is 145 cm³/mol. The van der Waals surface area contributed by atoms with Crippen LogP contribution in [0.25, 0.3) is 22.2 Å². The lowest BCUT2D eigenvalue weighted by molar-refractivity contribution is -0.125. The minimum Gasteiger partial charge on any atom is -0.354 e. The molecule has 0 radical (unpaired) electrons. The number of amides is 2. The van der Waals surface area contributed by atoms with Crippen molar-refractivity contribution in [2.45, 2.75) is 46.2 Å². The van der Waals surface area contributed by atoms with Crippen LogP contribution in [0.1, 0.15) is 60.3 Å². The lowest BCUT2D eigenvalue weighted by Gasteiger charge is -2.31. The molecule has 0 saturated carbocycles. The molecule has 0 bridgehead atoms. The second kappa shape index (κ2) is 9.65. The Labute approximate surface area is 212 Å². The van der Waals surface area contributed by atoms with Crippen molar-refractivity contribution in [3.8, 4) is 11.3 Å². The summed E-state index contributed by atoms with van der Waals surface area (Å²) >= 11 is 0. The highest BCUT2D eigenvalue weighted by atomic mass is 16.2. The number of H-pyrrole nitrogens is 1. The van der Waals surface area contributed by atoms with Crippen molar-refractivity contribution in [3.63, 3.8) is 0 Å². The molecule has 2 amide bonds. The molecule has 1 aromatic heterocycles. The Morgan fingerprint density at radius 3 is 2.42 bits per heavy atom. The molecule has 36 heavy (non-hydrogen) atoms. The van der Waals surface area contributed by atoms with Gasteiger partial charge < -0.3 is 15.2 Å². The maximum Gasteiger partial charge on any atom is 0.255 e. The van der Waals surface area contributed by atoms with E-state index in [0.29, 0.717) is 18.0 Å². The summed E-state index contributed by atoms with van der Waals surface area (Å²) in [6.45, 7) is 8.78. The second-order valence-electron chi connectivity index (χ2n) is 10.2.